The number of esters is 1. The number of ketones is 1. The molecule has 6 heteroatoms. The Kier molecular flexibility index (Phi) is 4.37. The highest BCUT2D eigenvalue weighted by Gasteiger charge is 2.20. The van der Waals surface area contributed by atoms with Gasteiger partial charge in [-0.2, -0.15) is 0 Å². The molecule has 3 rings (SSSR count). The summed E-state index contributed by atoms with van der Waals surface area (Å²) in [7, 11) is 0. The van der Waals surface area contributed by atoms with Crippen molar-refractivity contribution in [2.45, 2.75) is 6.92 Å². The van der Waals surface area contributed by atoms with Gasteiger partial charge in [0.15, 0.2) is 11.5 Å². The fourth-order valence-corrected chi connectivity index (χ4v) is 3.53. The Bertz CT molecular complexity index is 913. The predicted molar refractivity (Wildman–Crippen MR) is 92.8 cm³/mol. The fourth-order valence-electron chi connectivity index (χ4n) is 2.17. The van der Waals surface area contributed by atoms with Crippen LogP contribution in [0.3, 0.4) is 0 Å². The fraction of sp³-hybridized carbons (Fsp3) is 0.0588. The first-order valence-corrected chi connectivity index (χ1v) is 8.25. The molecule has 0 atom stereocenters. The standard InChI is InChI=1S/C17H10Br2O4/c1-9(20)22-17-12(18)8-13-11(15(17)19)7-14(23-13)16(21)10-5-3-2-4-6-10/h2-8H,1H3. The minimum absolute atomic E-state index is 0.209. The Balaban J connectivity index is 2.11. The van der Waals surface area contributed by atoms with Crippen LogP contribution >= 0.6 is 31.9 Å². The van der Waals surface area contributed by atoms with Crippen molar-refractivity contribution in [3.63, 3.8) is 0 Å². The van der Waals surface area contributed by atoms with Crippen molar-refractivity contribution < 1.29 is 18.7 Å². The Morgan fingerprint density at radius 3 is 2.43 bits per heavy atom. The van der Waals surface area contributed by atoms with Gasteiger partial charge in [0.2, 0.25) is 5.78 Å². The van der Waals surface area contributed by atoms with Gasteiger partial charge in [-0.1, -0.05) is 30.3 Å². The van der Waals surface area contributed by atoms with Crippen LogP contribution in [0.4, 0.5) is 0 Å². The molecule has 116 valence electrons. The monoisotopic (exact) mass is 436 g/mol. The van der Waals surface area contributed by atoms with Gasteiger partial charge >= 0.3 is 5.97 Å². The lowest BCUT2D eigenvalue weighted by Gasteiger charge is -2.06. The first kappa shape index (κ1) is 16.0. The highest BCUT2D eigenvalue weighted by Crippen LogP contribution is 2.41. The Morgan fingerprint density at radius 2 is 1.78 bits per heavy atom. The maximum Gasteiger partial charge on any atom is 0.308 e. The Morgan fingerprint density at radius 1 is 1.09 bits per heavy atom. The summed E-state index contributed by atoms with van der Waals surface area (Å²) in [5.74, 6) is -0.0722. The van der Waals surface area contributed by atoms with E-state index in [1.165, 1.54) is 6.92 Å². The highest BCUT2D eigenvalue weighted by molar-refractivity contribution is 9.11. The largest absolute Gasteiger partial charge is 0.452 e. The molecular formula is C17H10Br2O4. The van der Waals surface area contributed by atoms with Crippen LogP contribution in [0.25, 0.3) is 11.0 Å². The number of carbonyl (C=O) groups excluding carboxylic acids is 2. The molecule has 0 spiro atoms. The number of carbonyl (C=O) groups is 2. The average molecular weight is 438 g/mol. The lowest BCUT2D eigenvalue weighted by molar-refractivity contribution is -0.131. The third-order valence-electron chi connectivity index (χ3n) is 3.18. The summed E-state index contributed by atoms with van der Waals surface area (Å²) in [5.41, 5.74) is 1.06. The number of halogens is 2. The predicted octanol–water partition coefficient (Wildman–Crippen LogP) is 5.11. The van der Waals surface area contributed by atoms with Crippen LogP contribution in [0, 0.1) is 0 Å². The topological polar surface area (TPSA) is 56.5 Å². The van der Waals surface area contributed by atoms with Crippen LogP contribution in [-0.4, -0.2) is 11.8 Å². The smallest absolute Gasteiger partial charge is 0.308 e. The van der Waals surface area contributed by atoms with Crippen molar-refractivity contribution >= 4 is 54.6 Å². The van der Waals surface area contributed by atoms with E-state index in [0.717, 1.165) is 0 Å². The van der Waals surface area contributed by atoms with Crippen molar-refractivity contribution in [3.8, 4) is 5.75 Å². The first-order chi connectivity index (χ1) is 11.0. The van der Waals surface area contributed by atoms with Gasteiger partial charge in [0.05, 0.1) is 8.95 Å². The molecule has 3 aromatic rings. The number of fused-ring (bicyclic) bond motifs is 1. The highest BCUT2D eigenvalue weighted by atomic mass is 79.9. The second-order valence-corrected chi connectivity index (χ2v) is 6.46. The minimum atomic E-state index is -0.435. The number of rotatable bonds is 3. The van der Waals surface area contributed by atoms with Gasteiger partial charge in [0, 0.05) is 17.9 Å². The summed E-state index contributed by atoms with van der Waals surface area (Å²) in [6, 6.07) is 12.2. The van der Waals surface area contributed by atoms with Crippen LogP contribution in [0.5, 0.6) is 5.75 Å². The first-order valence-electron chi connectivity index (χ1n) is 6.67. The lowest BCUT2D eigenvalue weighted by Crippen LogP contribution is -2.02. The zero-order chi connectivity index (χ0) is 16.6. The molecule has 0 aliphatic carbocycles. The van der Waals surface area contributed by atoms with E-state index in [9.17, 15) is 9.59 Å². The molecule has 0 saturated heterocycles. The maximum atomic E-state index is 12.5. The Hall–Kier alpha value is -1.92. The molecule has 1 heterocycles. The third kappa shape index (κ3) is 3.09. The van der Waals surface area contributed by atoms with E-state index in [-0.39, 0.29) is 11.5 Å². The number of hydrogen-bond donors (Lipinski definition) is 0. The molecule has 0 unspecified atom stereocenters. The van der Waals surface area contributed by atoms with Crippen molar-refractivity contribution in [2.24, 2.45) is 0 Å². The Labute approximate surface area is 148 Å². The quantitative estimate of drug-likeness (QED) is 0.324. The second kappa shape index (κ2) is 6.29. The van der Waals surface area contributed by atoms with Crippen LogP contribution in [0.2, 0.25) is 0 Å². The van der Waals surface area contributed by atoms with Gasteiger partial charge in [-0.25, -0.2) is 0 Å². The van der Waals surface area contributed by atoms with Gasteiger partial charge < -0.3 is 9.15 Å². The van der Waals surface area contributed by atoms with E-state index in [1.54, 1.807) is 36.4 Å². The number of ether oxygens (including phenoxy) is 1. The van der Waals surface area contributed by atoms with Crippen LogP contribution in [0.15, 0.2) is 55.8 Å². The van der Waals surface area contributed by atoms with Gasteiger partial charge in [-0.3, -0.25) is 9.59 Å². The van der Waals surface area contributed by atoms with E-state index >= 15 is 0 Å². The average Bonchev–Trinajstić information content (AvgIpc) is 2.95. The molecule has 2 aromatic carbocycles. The molecule has 0 N–H and O–H groups in total. The van der Waals surface area contributed by atoms with Crippen molar-refractivity contribution in [1.29, 1.82) is 0 Å². The summed E-state index contributed by atoms with van der Waals surface area (Å²) >= 11 is 6.74. The molecule has 0 aliphatic heterocycles. The lowest BCUT2D eigenvalue weighted by atomic mass is 10.1. The molecular weight excluding hydrogens is 428 g/mol. The molecule has 0 aliphatic rings. The van der Waals surface area contributed by atoms with Gasteiger partial charge in [-0.05, 0) is 44.0 Å². The van der Waals surface area contributed by atoms with Crippen LogP contribution < -0.4 is 4.74 Å². The van der Waals surface area contributed by atoms with E-state index in [1.807, 2.05) is 6.07 Å². The summed E-state index contributed by atoms with van der Waals surface area (Å²) in [5, 5.41) is 0.656. The van der Waals surface area contributed by atoms with Gasteiger partial charge in [0.1, 0.15) is 5.58 Å². The van der Waals surface area contributed by atoms with E-state index in [2.05, 4.69) is 31.9 Å². The number of furan rings is 1. The molecule has 0 amide bonds. The molecule has 0 radical (unpaired) electrons. The van der Waals surface area contributed by atoms with Crippen LogP contribution in [0.1, 0.15) is 23.0 Å². The second-order valence-electron chi connectivity index (χ2n) is 4.81. The van der Waals surface area contributed by atoms with Crippen molar-refractivity contribution in [3.05, 3.63) is 62.7 Å². The molecule has 1 aromatic heterocycles. The molecule has 0 saturated carbocycles. The molecule has 23 heavy (non-hydrogen) atoms. The normalized spacial score (nSPS) is 10.7. The van der Waals surface area contributed by atoms with Crippen LogP contribution in [-0.2, 0) is 4.79 Å². The number of benzene rings is 2. The van der Waals surface area contributed by atoms with Crippen molar-refractivity contribution in [1.82, 2.24) is 0 Å². The maximum absolute atomic E-state index is 12.5. The minimum Gasteiger partial charge on any atom is -0.452 e. The zero-order valence-electron chi connectivity index (χ0n) is 11.9. The van der Waals surface area contributed by atoms with E-state index in [0.29, 0.717) is 31.2 Å². The summed E-state index contributed by atoms with van der Waals surface area (Å²) in [6.45, 7) is 1.32. The molecule has 0 bridgehead atoms. The number of hydrogen-bond acceptors (Lipinski definition) is 4. The van der Waals surface area contributed by atoms with Gasteiger partial charge in [0.25, 0.3) is 0 Å². The van der Waals surface area contributed by atoms with E-state index < -0.39 is 5.97 Å². The van der Waals surface area contributed by atoms with Crippen molar-refractivity contribution in [2.75, 3.05) is 0 Å². The summed E-state index contributed by atoms with van der Waals surface area (Å²) < 4.78 is 11.9. The summed E-state index contributed by atoms with van der Waals surface area (Å²) in [4.78, 5) is 23.7. The SMILES string of the molecule is CC(=O)Oc1c(Br)cc2oc(C(=O)c3ccccc3)cc2c1Br. The third-order valence-corrected chi connectivity index (χ3v) is 4.55. The molecule has 0 fully saturated rings. The van der Waals surface area contributed by atoms with E-state index in [4.69, 9.17) is 9.15 Å². The summed E-state index contributed by atoms with van der Waals surface area (Å²) in [6.07, 6.45) is 0. The van der Waals surface area contributed by atoms with Gasteiger partial charge in [-0.15, -0.1) is 0 Å². The zero-order valence-corrected chi connectivity index (χ0v) is 15.1. The molecule has 4 nitrogen and oxygen atoms in total.